The van der Waals surface area contributed by atoms with Crippen LogP contribution in [0, 0.1) is 11.6 Å². The summed E-state index contributed by atoms with van der Waals surface area (Å²) >= 11 is 7.66. The van der Waals surface area contributed by atoms with Gasteiger partial charge in [0.25, 0.3) is 0 Å². The molecule has 1 heterocycles. The highest BCUT2D eigenvalue weighted by Gasteiger charge is 2.35. The number of halogens is 3. The minimum atomic E-state index is -0.743. The van der Waals surface area contributed by atoms with E-state index in [0.717, 1.165) is 0 Å². The molecule has 1 aliphatic rings. The van der Waals surface area contributed by atoms with Gasteiger partial charge in [-0.1, -0.05) is 38.4 Å². The molecule has 0 amide bonds. The lowest BCUT2D eigenvalue weighted by atomic mass is 10.1. The van der Waals surface area contributed by atoms with Gasteiger partial charge in [0, 0.05) is 10.3 Å². The van der Waals surface area contributed by atoms with Crippen molar-refractivity contribution in [2.45, 2.75) is 31.6 Å². The van der Waals surface area contributed by atoms with Gasteiger partial charge in [0.15, 0.2) is 0 Å². The molecule has 0 spiro atoms. The van der Waals surface area contributed by atoms with Gasteiger partial charge in [-0.25, -0.2) is 8.78 Å². The molecular formula is C14H16ClF2NOS. The quantitative estimate of drug-likeness (QED) is 0.792. The van der Waals surface area contributed by atoms with E-state index in [1.807, 2.05) is 0 Å². The Morgan fingerprint density at radius 2 is 1.90 bits per heavy atom. The summed E-state index contributed by atoms with van der Waals surface area (Å²) in [6.45, 7) is 6.17. The van der Waals surface area contributed by atoms with Crippen molar-refractivity contribution < 1.29 is 13.6 Å². The number of hydrogen-bond donors (Lipinski definition) is 0. The Labute approximate surface area is 126 Å². The first-order chi connectivity index (χ1) is 9.29. The van der Waals surface area contributed by atoms with Crippen LogP contribution in [0.25, 0.3) is 0 Å². The van der Waals surface area contributed by atoms with E-state index in [2.05, 4.69) is 20.8 Å². The zero-order valence-corrected chi connectivity index (χ0v) is 13.1. The van der Waals surface area contributed by atoms with Gasteiger partial charge in [-0.2, -0.15) is 0 Å². The van der Waals surface area contributed by atoms with E-state index in [1.54, 1.807) is 11.8 Å². The fraction of sp³-hybridized carbons (Fsp3) is 0.429. The summed E-state index contributed by atoms with van der Waals surface area (Å²) in [5, 5.41) is 1.75. The fourth-order valence-corrected chi connectivity index (χ4v) is 2.78. The molecule has 0 N–H and O–H groups in total. The monoisotopic (exact) mass is 319 g/mol. The molecule has 20 heavy (non-hydrogen) atoms. The van der Waals surface area contributed by atoms with E-state index in [-0.39, 0.29) is 15.3 Å². The Hall–Kier alpha value is -0.780. The minimum absolute atomic E-state index is 0.0107. The SMILES string of the molecule is CC(C)(C)SCN1OC=C(Cl)C1c1c(F)cccc1F. The Balaban J connectivity index is 2.25. The molecule has 1 aliphatic heterocycles. The highest BCUT2D eigenvalue weighted by molar-refractivity contribution is 8.00. The highest BCUT2D eigenvalue weighted by Crippen LogP contribution is 2.40. The van der Waals surface area contributed by atoms with Gasteiger partial charge < -0.3 is 4.84 Å². The second kappa shape index (κ2) is 5.92. The molecule has 6 heteroatoms. The molecule has 1 aromatic carbocycles. The molecule has 2 nitrogen and oxygen atoms in total. The predicted octanol–water partition coefficient (Wildman–Crippen LogP) is 4.82. The number of thioether (sulfide) groups is 1. The maximum Gasteiger partial charge on any atom is 0.131 e. The van der Waals surface area contributed by atoms with Gasteiger partial charge in [0.05, 0.1) is 10.9 Å². The average molecular weight is 320 g/mol. The first-order valence-corrected chi connectivity index (χ1v) is 7.53. The third-order valence-electron chi connectivity index (χ3n) is 2.75. The van der Waals surface area contributed by atoms with Crippen LogP contribution in [-0.4, -0.2) is 15.7 Å². The summed E-state index contributed by atoms with van der Waals surface area (Å²) in [6, 6.07) is 3.02. The smallest absolute Gasteiger partial charge is 0.131 e. The molecule has 0 radical (unpaired) electrons. The summed E-state index contributed by atoms with van der Waals surface area (Å²) in [5.74, 6) is -0.801. The van der Waals surface area contributed by atoms with E-state index in [4.69, 9.17) is 16.4 Å². The van der Waals surface area contributed by atoms with Crippen molar-refractivity contribution in [2.24, 2.45) is 0 Å². The van der Waals surface area contributed by atoms with Crippen LogP contribution in [0.2, 0.25) is 0 Å². The van der Waals surface area contributed by atoms with E-state index >= 15 is 0 Å². The third-order valence-corrected chi connectivity index (χ3v) is 4.29. The number of benzene rings is 1. The summed E-state index contributed by atoms with van der Waals surface area (Å²) < 4.78 is 27.8. The number of hydrogen-bond acceptors (Lipinski definition) is 3. The van der Waals surface area contributed by atoms with Gasteiger partial charge >= 0.3 is 0 Å². The van der Waals surface area contributed by atoms with Crippen molar-refractivity contribution in [3.8, 4) is 0 Å². The Morgan fingerprint density at radius 1 is 1.30 bits per heavy atom. The van der Waals surface area contributed by atoms with E-state index in [1.165, 1.54) is 29.5 Å². The molecule has 1 atom stereocenters. The van der Waals surface area contributed by atoms with Gasteiger partial charge in [-0.3, -0.25) is 0 Å². The van der Waals surface area contributed by atoms with E-state index in [0.29, 0.717) is 5.88 Å². The van der Waals surface area contributed by atoms with Crippen molar-refractivity contribution in [3.63, 3.8) is 0 Å². The van der Waals surface area contributed by atoms with Crippen molar-refractivity contribution in [2.75, 3.05) is 5.88 Å². The van der Waals surface area contributed by atoms with Crippen LogP contribution in [0.1, 0.15) is 32.4 Å². The van der Waals surface area contributed by atoms with Crippen molar-refractivity contribution in [1.82, 2.24) is 5.06 Å². The maximum atomic E-state index is 13.9. The molecule has 1 aromatic rings. The third kappa shape index (κ3) is 3.45. The standard InChI is InChI=1S/C14H16ClF2NOS/c1-14(2,3)20-8-18-13(9(15)7-19-18)12-10(16)5-4-6-11(12)17/h4-7,13H,8H2,1-3H3. The molecule has 110 valence electrons. The lowest BCUT2D eigenvalue weighted by molar-refractivity contribution is -0.0884. The molecule has 0 aliphatic carbocycles. The van der Waals surface area contributed by atoms with Gasteiger partial charge in [0.1, 0.15) is 23.9 Å². The van der Waals surface area contributed by atoms with Crippen LogP contribution in [0.15, 0.2) is 29.5 Å². The van der Waals surface area contributed by atoms with Crippen LogP contribution in [0.3, 0.4) is 0 Å². The fourth-order valence-electron chi connectivity index (χ4n) is 1.80. The topological polar surface area (TPSA) is 12.5 Å². The Morgan fingerprint density at radius 3 is 2.45 bits per heavy atom. The lowest BCUT2D eigenvalue weighted by Gasteiger charge is -2.27. The van der Waals surface area contributed by atoms with E-state index in [9.17, 15) is 8.78 Å². The zero-order valence-electron chi connectivity index (χ0n) is 11.5. The second-order valence-corrected chi connectivity index (χ2v) is 7.66. The van der Waals surface area contributed by atoms with Crippen molar-refractivity contribution in [3.05, 3.63) is 46.7 Å². The molecule has 2 rings (SSSR count). The number of nitrogens with zero attached hydrogens (tertiary/aromatic N) is 1. The largest absolute Gasteiger partial charge is 0.411 e. The van der Waals surface area contributed by atoms with Crippen LogP contribution in [-0.2, 0) is 4.84 Å². The normalized spacial score (nSPS) is 19.9. The number of hydroxylamine groups is 2. The van der Waals surface area contributed by atoms with Gasteiger partial charge in [-0.05, 0) is 12.1 Å². The molecule has 0 saturated heterocycles. The Bertz CT molecular complexity index is 510. The molecule has 0 saturated carbocycles. The molecule has 1 unspecified atom stereocenters. The second-order valence-electron chi connectivity index (χ2n) is 5.45. The van der Waals surface area contributed by atoms with Gasteiger partial charge in [-0.15, -0.1) is 16.8 Å². The van der Waals surface area contributed by atoms with Crippen LogP contribution in [0.4, 0.5) is 8.78 Å². The summed E-state index contributed by atoms with van der Waals surface area (Å²) in [6.07, 6.45) is 1.32. The Kier molecular flexibility index (Phi) is 4.62. The van der Waals surface area contributed by atoms with Crippen LogP contribution in [0.5, 0.6) is 0 Å². The summed E-state index contributed by atoms with van der Waals surface area (Å²) in [4.78, 5) is 5.32. The maximum absolute atomic E-state index is 13.9. The number of rotatable bonds is 3. The van der Waals surface area contributed by atoms with Crippen molar-refractivity contribution >= 4 is 23.4 Å². The van der Waals surface area contributed by atoms with Crippen LogP contribution < -0.4 is 0 Å². The van der Waals surface area contributed by atoms with Crippen molar-refractivity contribution in [1.29, 1.82) is 0 Å². The summed E-state index contributed by atoms with van der Waals surface area (Å²) in [7, 11) is 0. The minimum Gasteiger partial charge on any atom is -0.411 e. The van der Waals surface area contributed by atoms with Gasteiger partial charge in [0.2, 0.25) is 0 Å². The highest BCUT2D eigenvalue weighted by atomic mass is 35.5. The zero-order chi connectivity index (χ0) is 14.9. The predicted molar refractivity (Wildman–Crippen MR) is 78.2 cm³/mol. The molecule has 0 fully saturated rings. The summed E-state index contributed by atoms with van der Waals surface area (Å²) in [5.41, 5.74) is -0.0826. The molecule has 0 bridgehead atoms. The van der Waals surface area contributed by atoms with E-state index < -0.39 is 17.7 Å². The lowest BCUT2D eigenvalue weighted by Crippen LogP contribution is -2.27. The average Bonchev–Trinajstić information content (AvgIpc) is 2.68. The molecule has 0 aromatic heterocycles. The molecular weight excluding hydrogens is 304 g/mol. The first-order valence-electron chi connectivity index (χ1n) is 6.16. The first kappa shape index (κ1) is 15.6. The van der Waals surface area contributed by atoms with Crippen LogP contribution >= 0.6 is 23.4 Å².